The maximum atomic E-state index is 15.1. The summed E-state index contributed by atoms with van der Waals surface area (Å²) in [6, 6.07) is 37.0. The molecule has 2 bridgehead atoms. The molecule has 8 rings (SSSR count). The van der Waals surface area contributed by atoms with Gasteiger partial charge in [0.15, 0.2) is 0 Å². The standard InChI is InChI=1S/C36H28N2O4S/c1-23-19-21-26(22-20-23)43(41,42)38-35(2)29-16-8-9-17-30(29)36(38,28-18-10-12-24-11-6-7-15-27(24)28)32-31(35)33(39)37(34(32)40)25-13-4-3-5-14-25/h3-22,31-32H,1-2H3. The van der Waals surface area contributed by atoms with E-state index in [9.17, 15) is 9.59 Å². The van der Waals surface area contributed by atoms with Gasteiger partial charge in [-0.15, -0.1) is 0 Å². The SMILES string of the molecule is Cc1ccc(S(=O)(=O)N2C3(C)c4ccccc4C2(c2cccc4ccccc24)C2C(=O)N(c4ccccc4)C(=O)C23)cc1. The lowest BCUT2D eigenvalue weighted by Gasteiger charge is -2.41. The van der Waals surface area contributed by atoms with E-state index in [0.717, 1.165) is 27.5 Å². The smallest absolute Gasteiger partial charge is 0.245 e. The average Bonchev–Trinajstić information content (AvgIpc) is 3.55. The summed E-state index contributed by atoms with van der Waals surface area (Å²) in [4.78, 5) is 30.8. The molecule has 5 aromatic carbocycles. The maximum absolute atomic E-state index is 15.1. The van der Waals surface area contributed by atoms with Crippen molar-refractivity contribution in [2.45, 2.75) is 29.8 Å². The quantitative estimate of drug-likeness (QED) is 0.238. The minimum atomic E-state index is -4.25. The van der Waals surface area contributed by atoms with Crippen molar-refractivity contribution in [2.24, 2.45) is 11.8 Å². The Hall–Kier alpha value is -4.59. The summed E-state index contributed by atoms with van der Waals surface area (Å²) in [6.45, 7) is 3.74. The van der Waals surface area contributed by atoms with Gasteiger partial charge in [0.25, 0.3) is 0 Å². The molecule has 2 fully saturated rings. The van der Waals surface area contributed by atoms with Gasteiger partial charge in [0.2, 0.25) is 21.8 Å². The number of para-hydroxylation sites is 1. The Morgan fingerprint density at radius 1 is 0.628 bits per heavy atom. The fraction of sp³-hybridized carbons (Fsp3) is 0.167. The minimum Gasteiger partial charge on any atom is -0.274 e. The molecule has 0 saturated carbocycles. The fourth-order valence-electron chi connectivity index (χ4n) is 8.15. The monoisotopic (exact) mass is 584 g/mol. The number of imide groups is 1. The van der Waals surface area contributed by atoms with Crippen molar-refractivity contribution < 1.29 is 18.0 Å². The van der Waals surface area contributed by atoms with Gasteiger partial charge in [-0.25, -0.2) is 13.3 Å². The molecular weight excluding hydrogens is 556 g/mol. The average molecular weight is 585 g/mol. The lowest BCUT2D eigenvalue weighted by Crippen LogP contribution is -2.53. The second-order valence-corrected chi connectivity index (χ2v) is 13.7. The number of aryl methyl sites for hydroxylation is 1. The Kier molecular flexibility index (Phi) is 5.29. The molecular formula is C36H28N2O4S. The number of hydrogen-bond donors (Lipinski definition) is 0. The zero-order chi connectivity index (χ0) is 29.7. The molecule has 0 aromatic heterocycles. The molecule has 0 aliphatic carbocycles. The van der Waals surface area contributed by atoms with Crippen LogP contribution in [0.15, 0.2) is 126 Å². The maximum Gasteiger partial charge on any atom is 0.245 e. The molecule has 7 heteroatoms. The molecule has 0 spiro atoms. The van der Waals surface area contributed by atoms with E-state index in [4.69, 9.17) is 0 Å². The molecule has 4 unspecified atom stereocenters. The fourth-order valence-corrected chi connectivity index (χ4v) is 10.2. The number of carbonyl (C=O) groups excluding carboxylic acids is 2. The van der Waals surface area contributed by atoms with E-state index < -0.39 is 38.8 Å². The van der Waals surface area contributed by atoms with Gasteiger partial charge in [0.05, 0.1) is 28.0 Å². The summed E-state index contributed by atoms with van der Waals surface area (Å²) in [5.41, 5.74) is 0.788. The first kappa shape index (κ1) is 26.1. The summed E-state index contributed by atoms with van der Waals surface area (Å²) in [5, 5.41) is 1.76. The van der Waals surface area contributed by atoms with E-state index in [1.807, 2.05) is 86.6 Å². The highest BCUT2D eigenvalue weighted by molar-refractivity contribution is 7.89. The van der Waals surface area contributed by atoms with Crippen LogP contribution in [0.3, 0.4) is 0 Å². The van der Waals surface area contributed by atoms with Crippen LogP contribution in [0, 0.1) is 18.8 Å². The number of amides is 2. The Morgan fingerprint density at radius 3 is 1.95 bits per heavy atom. The number of nitrogens with zero attached hydrogens (tertiary/aromatic N) is 2. The van der Waals surface area contributed by atoms with E-state index in [-0.39, 0.29) is 10.8 Å². The molecule has 5 aromatic rings. The summed E-state index contributed by atoms with van der Waals surface area (Å²) in [6.07, 6.45) is 0. The second-order valence-electron chi connectivity index (χ2n) is 11.9. The van der Waals surface area contributed by atoms with Gasteiger partial charge in [-0.2, -0.15) is 4.31 Å². The molecule has 212 valence electrons. The van der Waals surface area contributed by atoms with Crippen LogP contribution in [-0.2, 0) is 30.7 Å². The largest absolute Gasteiger partial charge is 0.274 e. The molecule has 2 amide bonds. The minimum absolute atomic E-state index is 0.126. The molecule has 43 heavy (non-hydrogen) atoms. The highest BCUT2D eigenvalue weighted by Crippen LogP contribution is 2.72. The molecule has 0 radical (unpaired) electrons. The van der Waals surface area contributed by atoms with Crippen LogP contribution in [0.25, 0.3) is 10.8 Å². The number of carbonyl (C=O) groups is 2. The number of hydrogen-bond acceptors (Lipinski definition) is 4. The van der Waals surface area contributed by atoms with Crippen molar-refractivity contribution in [1.29, 1.82) is 0 Å². The Bertz CT molecular complexity index is 2090. The second kappa shape index (κ2) is 8.72. The van der Waals surface area contributed by atoms with Crippen LogP contribution in [0.2, 0.25) is 0 Å². The van der Waals surface area contributed by atoms with Crippen LogP contribution >= 0.6 is 0 Å². The first-order chi connectivity index (χ1) is 20.7. The number of anilines is 1. The normalized spacial score (nSPS) is 26.2. The number of sulfonamides is 1. The van der Waals surface area contributed by atoms with Crippen molar-refractivity contribution in [3.63, 3.8) is 0 Å². The third-order valence-corrected chi connectivity index (χ3v) is 11.8. The molecule has 6 nitrogen and oxygen atoms in total. The van der Waals surface area contributed by atoms with Crippen LogP contribution in [-0.4, -0.2) is 24.5 Å². The molecule has 3 aliphatic rings. The zero-order valence-electron chi connectivity index (χ0n) is 23.6. The van der Waals surface area contributed by atoms with Crippen molar-refractivity contribution in [1.82, 2.24) is 4.31 Å². The van der Waals surface area contributed by atoms with Crippen molar-refractivity contribution >= 4 is 38.3 Å². The lowest BCUT2D eigenvalue weighted by atomic mass is 9.63. The van der Waals surface area contributed by atoms with Gasteiger partial charge in [-0.1, -0.05) is 103 Å². The van der Waals surface area contributed by atoms with Gasteiger partial charge < -0.3 is 0 Å². The topological polar surface area (TPSA) is 74.8 Å². The van der Waals surface area contributed by atoms with Crippen LogP contribution in [0.4, 0.5) is 5.69 Å². The van der Waals surface area contributed by atoms with E-state index in [2.05, 4.69) is 0 Å². The van der Waals surface area contributed by atoms with E-state index in [1.165, 1.54) is 9.21 Å². The van der Waals surface area contributed by atoms with Crippen LogP contribution in [0.1, 0.15) is 29.2 Å². The molecule has 0 N–H and O–H groups in total. The van der Waals surface area contributed by atoms with Gasteiger partial charge in [-0.05, 0) is 65.6 Å². The van der Waals surface area contributed by atoms with E-state index >= 15 is 8.42 Å². The Labute approximate surface area is 250 Å². The van der Waals surface area contributed by atoms with Crippen LogP contribution in [0.5, 0.6) is 0 Å². The summed E-state index contributed by atoms with van der Waals surface area (Å²) in [7, 11) is -4.25. The summed E-state index contributed by atoms with van der Waals surface area (Å²) in [5.74, 6) is -2.69. The third-order valence-electron chi connectivity index (χ3n) is 9.76. The number of fused-ring (bicyclic) bond motifs is 9. The molecule has 4 atom stereocenters. The highest BCUT2D eigenvalue weighted by Gasteiger charge is 2.81. The Morgan fingerprint density at radius 2 is 1.21 bits per heavy atom. The van der Waals surface area contributed by atoms with Crippen molar-refractivity contribution in [3.05, 3.63) is 144 Å². The molecule has 3 heterocycles. The first-order valence-corrected chi connectivity index (χ1v) is 15.8. The Balaban J connectivity index is 1.52. The lowest BCUT2D eigenvalue weighted by molar-refractivity contribution is -0.124. The molecule has 2 saturated heterocycles. The third kappa shape index (κ3) is 3.08. The van der Waals surface area contributed by atoms with Crippen LogP contribution < -0.4 is 4.90 Å². The predicted octanol–water partition coefficient (Wildman–Crippen LogP) is 6.13. The molecule has 3 aliphatic heterocycles. The first-order valence-electron chi connectivity index (χ1n) is 14.4. The van der Waals surface area contributed by atoms with Gasteiger partial charge in [0.1, 0.15) is 5.54 Å². The van der Waals surface area contributed by atoms with Crippen molar-refractivity contribution in [3.8, 4) is 0 Å². The number of benzene rings is 5. The van der Waals surface area contributed by atoms with Gasteiger partial charge in [-0.3, -0.25) is 9.59 Å². The number of rotatable bonds is 4. The highest BCUT2D eigenvalue weighted by atomic mass is 32.2. The summed E-state index contributed by atoms with van der Waals surface area (Å²) < 4.78 is 31.7. The van der Waals surface area contributed by atoms with Gasteiger partial charge in [0, 0.05) is 0 Å². The summed E-state index contributed by atoms with van der Waals surface area (Å²) >= 11 is 0. The van der Waals surface area contributed by atoms with Gasteiger partial charge >= 0.3 is 0 Å². The van der Waals surface area contributed by atoms with E-state index in [1.54, 1.807) is 48.5 Å². The zero-order valence-corrected chi connectivity index (χ0v) is 24.5. The predicted molar refractivity (Wildman–Crippen MR) is 165 cm³/mol. The van der Waals surface area contributed by atoms with E-state index in [0.29, 0.717) is 11.3 Å². The van der Waals surface area contributed by atoms with Crippen molar-refractivity contribution in [2.75, 3.05) is 4.90 Å².